The lowest BCUT2D eigenvalue weighted by atomic mass is 9.79. The summed E-state index contributed by atoms with van der Waals surface area (Å²) in [7, 11) is 1.97. The van der Waals surface area contributed by atoms with Crippen LogP contribution in [-0.2, 0) is 11.8 Å². The Hall–Kier alpha value is -5.26. The standard InChI is InChI=1S/C31H32N8O4.C2H6/c1-19-12-21(4-7-26(19)43-22-5-6-24-23(13-22)33-18-36(24)3)35-29-27-25(8-10-39(27)34-17-32-29)38-15-31(16-38)9-11-37(14-31)30(42)28(41)20(2)40;1-2/h4-8,10,12-13,17-18,40-41H,9,11,14-16H2,1-3H3,(H,32,34,35);1-2H3/b28-20+;. The third-order valence-electron chi connectivity index (χ3n) is 8.46. The van der Waals surface area contributed by atoms with E-state index in [9.17, 15) is 15.0 Å². The second-order valence-corrected chi connectivity index (χ2v) is 11.6. The van der Waals surface area contributed by atoms with Crippen molar-refractivity contribution in [3.8, 4) is 11.5 Å². The average Bonchev–Trinajstić information content (AvgIpc) is 3.75. The molecule has 0 atom stereocenters. The van der Waals surface area contributed by atoms with E-state index in [2.05, 4.69) is 25.3 Å². The van der Waals surface area contributed by atoms with Crippen LogP contribution >= 0.6 is 0 Å². The number of aliphatic hydroxyl groups excluding tert-OH is 2. The maximum atomic E-state index is 12.5. The summed E-state index contributed by atoms with van der Waals surface area (Å²) in [5, 5.41) is 27.3. The van der Waals surface area contributed by atoms with E-state index >= 15 is 0 Å². The molecule has 2 aliphatic rings. The minimum absolute atomic E-state index is 0.0508. The Bertz CT molecular complexity index is 1920. The summed E-state index contributed by atoms with van der Waals surface area (Å²) in [6.45, 7) is 9.93. The van der Waals surface area contributed by atoms with Gasteiger partial charge in [0.1, 0.15) is 29.1 Å². The number of likely N-dealkylation sites (tertiary alicyclic amines) is 1. The Kier molecular flexibility index (Phi) is 7.73. The summed E-state index contributed by atoms with van der Waals surface area (Å²) >= 11 is 0. The van der Waals surface area contributed by atoms with Crippen LogP contribution in [0.3, 0.4) is 0 Å². The number of hydrogen-bond acceptors (Lipinski definition) is 9. The number of amides is 1. The Morgan fingerprint density at radius 3 is 2.60 bits per heavy atom. The number of carbonyl (C=O) groups excluding carboxylic acids is 1. The number of fused-ring (bicyclic) bond motifs is 2. The summed E-state index contributed by atoms with van der Waals surface area (Å²) in [6, 6.07) is 13.8. The summed E-state index contributed by atoms with van der Waals surface area (Å²) in [4.78, 5) is 25.4. The van der Waals surface area contributed by atoms with Crippen LogP contribution in [0.5, 0.6) is 11.5 Å². The number of rotatable bonds is 6. The SMILES string of the molecule is C/C(O)=C(\O)C(=O)N1CCC2(C1)CN(c1ccn3ncnc(Nc4ccc(Oc5ccc6c(c5)ncn6C)c(C)c4)c13)C2.CC. The van der Waals surface area contributed by atoms with Gasteiger partial charge < -0.3 is 34.6 Å². The zero-order valence-corrected chi connectivity index (χ0v) is 26.2. The molecule has 3 aromatic heterocycles. The molecule has 0 radical (unpaired) electrons. The molecule has 7 rings (SSSR count). The van der Waals surface area contributed by atoms with Crippen LogP contribution in [0.25, 0.3) is 16.6 Å². The zero-order valence-electron chi connectivity index (χ0n) is 26.2. The number of benzene rings is 2. The quantitative estimate of drug-likeness (QED) is 0.159. The van der Waals surface area contributed by atoms with Crippen LogP contribution in [0.2, 0.25) is 0 Å². The lowest BCUT2D eigenvalue weighted by molar-refractivity contribution is -0.129. The molecule has 1 amide bonds. The van der Waals surface area contributed by atoms with E-state index in [1.165, 1.54) is 13.3 Å². The number of allylic oxidation sites excluding steroid dienone is 1. The van der Waals surface area contributed by atoms with E-state index in [1.807, 2.05) is 85.6 Å². The first-order valence-corrected chi connectivity index (χ1v) is 15.1. The monoisotopic (exact) mass is 610 g/mol. The van der Waals surface area contributed by atoms with Gasteiger partial charge in [0.25, 0.3) is 5.91 Å². The number of aryl methyl sites for hydroxylation is 2. The van der Waals surface area contributed by atoms with Crippen molar-refractivity contribution in [2.75, 3.05) is 36.4 Å². The fourth-order valence-corrected chi connectivity index (χ4v) is 6.17. The Morgan fingerprint density at radius 2 is 1.84 bits per heavy atom. The molecule has 3 N–H and O–H groups in total. The van der Waals surface area contributed by atoms with Crippen LogP contribution in [-0.4, -0.2) is 71.3 Å². The number of aliphatic hydroxyl groups is 2. The van der Waals surface area contributed by atoms with Gasteiger partial charge in [-0.1, -0.05) is 13.8 Å². The maximum absolute atomic E-state index is 12.5. The second kappa shape index (κ2) is 11.7. The summed E-state index contributed by atoms with van der Waals surface area (Å²) < 4.78 is 9.97. The third-order valence-corrected chi connectivity index (χ3v) is 8.46. The summed E-state index contributed by atoms with van der Waals surface area (Å²) in [5.41, 5.74) is 5.58. The molecule has 12 heteroatoms. The second-order valence-electron chi connectivity index (χ2n) is 11.6. The van der Waals surface area contributed by atoms with Gasteiger partial charge in [-0.3, -0.25) is 4.79 Å². The van der Waals surface area contributed by atoms with Crippen LogP contribution < -0.4 is 15.0 Å². The van der Waals surface area contributed by atoms with Gasteiger partial charge in [-0.25, -0.2) is 14.5 Å². The molecular formula is C33H38N8O4. The molecule has 0 unspecified atom stereocenters. The first-order chi connectivity index (χ1) is 21.7. The van der Waals surface area contributed by atoms with Crippen LogP contribution in [0.4, 0.5) is 17.2 Å². The number of imidazole rings is 1. The molecule has 0 aliphatic carbocycles. The molecule has 2 aliphatic heterocycles. The van der Waals surface area contributed by atoms with Gasteiger partial charge in [-0.15, -0.1) is 0 Å². The number of nitrogens with zero attached hydrogens (tertiary/aromatic N) is 7. The first-order valence-electron chi connectivity index (χ1n) is 15.1. The van der Waals surface area contributed by atoms with Crippen molar-refractivity contribution < 1.29 is 19.7 Å². The normalized spacial score (nSPS) is 15.9. The molecule has 0 bridgehead atoms. The highest BCUT2D eigenvalue weighted by Crippen LogP contribution is 2.44. The highest BCUT2D eigenvalue weighted by atomic mass is 16.5. The number of carbonyl (C=O) groups is 1. The maximum Gasteiger partial charge on any atom is 0.292 e. The van der Waals surface area contributed by atoms with Gasteiger partial charge in [-0.2, -0.15) is 5.10 Å². The fourth-order valence-electron chi connectivity index (χ4n) is 6.17. The molecule has 0 saturated carbocycles. The summed E-state index contributed by atoms with van der Waals surface area (Å²) in [6.07, 6.45) is 6.07. The van der Waals surface area contributed by atoms with Crippen LogP contribution in [0, 0.1) is 12.3 Å². The highest BCUT2D eigenvalue weighted by molar-refractivity contribution is 5.92. The van der Waals surface area contributed by atoms with Gasteiger partial charge in [-0.05, 0) is 62.2 Å². The van der Waals surface area contributed by atoms with E-state index in [-0.39, 0.29) is 11.2 Å². The van der Waals surface area contributed by atoms with E-state index in [0.29, 0.717) is 18.9 Å². The van der Waals surface area contributed by atoms with Gasteiger partial charge in [0.05, 0.1) is 23.0 Å². The van der Waals surface area contributed by atoms with E-state index in [0.717, 1.165) is 64.5 Å². The average molecular weight is 611 g/mol. The van der Waals surface area contributed by atoms with Gasteiger partial charge in [0, 0.05) is 56.6 Å². The largest absolute Gasteiger partial charge is 0.509 e. The molecule has 5 aromatic rings. The minimum Gasteiger partial charge on any atom is -0.509 e. The molecule has 2 saturated heterocycles. The van der Waals surface area contributed by atoms with Crippen molar-refractivity contribution in [2.24, 2.45) is 12.5 Å². The molecule has 2 aromatic carbocycles. The molecule has 234 valence electrons. The predicted octanol–water partition coefficient (Wildman–Crippen LogP) is 5.87. The Balaban J connectivity index is 0.00000175. The van der Waals surface area contributed by atoms with E-state index in [1.54, 1.807) is 11.2 Å². The molecular weight excluding hydrogens is 572 g/mol. The van der Waals surface area contributed by atoms with Crippen molar-refractivity contribution in [3.05, 3.63) is 78.4 Å². The smallest absolute Gasteiger partial charge is 0.292 e. The molecule has 2 fully saturated rings. The van der Waals surface area contributed by atoms with Crippen molar-refractivity contribution in [1.82, 2.24) is 29.0 Å². The molecule has 1 spiro atoms. The van der Waals surface area contributed by atoms with Crippen molar-refractivity contribution in [3.63, 3.8) is 0 Å². The minimum atomic E-state index is -0.583. The predicted molar refractivity (Wildman–Crippen MR) is 173 cm³/mol. The number of aromatic nitrogens is 5. The van der Waals surface area contributed by atoms with Crippen LogP contribution in [0.15, 0.2) is 72.8 Å². The number of anilines is 3. The van der Waals surface area contributed by atoms with Crippen molar-refractivity contribution in [1.29, 1.82) is 0 Å². The number of ether oxygens (including phenoxy) is 1. The van der Waals surface area contributed by atoms with E-state index in [4.69, 9.17) is 4.74 Å². The van der Waals surface area contributed by atoms with Gasteiger partial charge in [0.2, 0.25) is 5.76 Å². The molecule has 12 nitrogen and oxygen atoms in total. The number of hydrogen-bond donors (Lipinski definition) is 3. The van der Waals surface area contributed by atoms with Gasteiger partial charge >= 0.3 is 0 Å². The first kappa shape index (κ1) is 29.8. The van der Waals surface area contributed by atoms with Crippen LogP contribution in [0.1, 0.15) is 32.8 Å². The molecule has 5 heterocycles. The number of nitrogens with one attached hydrogen (secondary N) is 1. The van der Waals surface area contributed by atoms with E-state index < -0.39 is 11.7 Å². The fraction of sp³-hybridized carbons (Fsp3) is 0.333. The van der Waals surface area contributed by atoms with Crippen molar-refractivity contribution >= 4 is 39.6 Å². The van der Waals surface area contributed by atoms with Gasteiger partial charge in [0.15, 0.2) is 5.82 Å². The topological polar surface area (TPSA) is 133 Å². The Morgan fingerprint density at radius 1 is 1.04 bits per heavy atom. The Labute approximate surface area is 261 Å². The summed E-state index contributed by atoms with van der Waals surface area (Å²) in [5.74, 6) is 0.697. The lowest BCUT2D eigenvalue weighted by Crippen LogP contribution is -2.58. The molecule has 45 heavy (non-hydrogen) atoms. The third kappa shape index (κ3) is 5.47. The highest BCUT2D eigenvalue weighted by Gasteiger charge is 2.49. The van der Waals surface area contributed by atoms with Crippen molar-refractivity contribution in [2.45, 2.75) is 34.1 Å². The lowest BCUT2D eigenvalue weighted by Gasteiger charge is -2.49. The zero-order chi connectivity index (χ0) is 31.9.